The van der Waals surface area contributed by atoms with E-state index in [1.54, 1.807) is 6.92 Å². The first-order valence-electron chi connectivity index (χ1n) is 4.61. The molecule has 0 aliphatic carbocycles. The second-order valence-electron chi connectivity index (χ2n) is 3.50. The Labute approximate surface area is 85.1 Å². The highest BCUT2D eigenvalue weighted by Gasteiger charge is 2.19. The molecule has 1 aromatic heterocycles. The molecule has 4 heteroatoms. The molecule has 2 nitrogen and oxygen atoms in total. The standard InChI is InChI=1S/C11H10F2O2/c1-6(5-14)10-9(13)4-8(12)7-2-3-15-11(7)10/h2-4,6,14H,5H2,1H3. The van der Waals surface area contributed by atoms with Crippen molar-refractivity contribution in [2.24, 2.45) is 0 Å². The van der Waals surface area contributed by atoms with Crippen LogP contribution in [-0.4, -0.2) is 11.7 Å². The van der Waals surface area contributed by atoms with E-state index in [1.165, 1.54) is 12.3 Å². The molecule has 0 aliphatic rings. The highest BCUT2D eigenvalue weighted by Crippen LogP contribution is 2.30. The molecule has 0 bridgehead atoms. The summed E-state index contributed by atoms with van der Waals surface area (Å²) in [6.07, 6.45) is 1.31. The molecule has 0 radical (unpaired) electrons. The van der Waals surface area contributed by atoms with Crippen molar-refractivity contribution in [2.45, 2.75) is 12.8 Å². The average Bonchev–Trinajstić information content (AvgIpc) is 2.66. The van der Waals surface area contributed by atoms with E-state index in [-0.39, 0.29) is 23.1 Å². The lowest BCUT2D eigenvalue weighted by molar-refractivity contribution is 0.270. The van der Waals surface area contributed by atoms with Crippen molar-refractivity contribution < 1.29 is 18.3 Å². The largest absolute Gasteiger partial charge is 0.464 e. The lowest BCUT2D eigenvalue weighted by atomic mass is 9.99. The van der Waals surface area contributed by atoms with Gasteiger partial charge in [0.2, 0.25) is 0 Å². The van der Waals surface area contributed by atoms with Crippen LogP contribution in [0.3, 0.4) is 0 Å². The monoisotopic (exact) mass is 212 g/mol. The second-order valence-corrected chi connectivity index (χ2v) is 3.50. The fourth-order valence-electron chi connectivity index (χ4n) is 1.63. The molecule has 0 saturated heterocycles. The van der Waals surface area contributed by atoms with E-state index in [9.17, 15) is 8.78 Å². The summed E-state index contributed by atoms with van der Waals surface area (Å²) in [7, 11) is 0. The summed E-state index contributed by atoms with van der Waals surface area (Å²) in [5, 5.41) is 9.22. The van der Waals surface area contributed by atoms with Crippen molar-refractivity contribution >= 4 is 11.0 Å². The molecule has 1 unspecified atom stereocenters. The van der Waals surface area contributed by atoms with Crippen molar-refractivity contribution in [3.63, 3.8) is 0 Å². The molecular formula is C11H10F2O2. The smallest absolute Gasteiger partial charge is 0.143 e. The van der Waals surface area contributed by atoms with Crippen LogP contribution in [0.5, 0.6) is 0 Å². The van der Waals surface area contributed by atoms with Crippen LogP contribution in [0.4, 0.5) is 8.78 Å². The van der Waals surface area contributed by atoms with Gasteiger partial charge in [-0.2, -0.15) is 0 Å². The van der Waals surface area contributed by atoms with Crippen LogP contribution < -0.4 is 0 Å². The minimum Gasteiger partial charge on any atom is -0.464 e. The lowest BCUT2D eigenvalue weighted by Crippen LogP contribution is -2.03. The topological polar surface area (TPSA) is 33.4 Å². The van der Waals surface area contributed by atoms with Gasteiger partial charge < -0.3 is 9.52 Å². The Bertz CT molecular complexity index is 491. The average molecular weight is 212 g/mol. The van der Waals surface area contributed by atoms with Crippen molar-refractivity contribution in [3.05, 3.63) is 35.6 Å². The van der Waals surface area contributed by atoms with Gasteiger partial charge in [0.05, 0.1) is 11.6 Å². The first kappa shape index (κ1) is 10.1. The van der Waals surface area contributed by atoms with E-state index >= 15 is 0 Å². The first-order chi connectivity index (χ1) is 7.15. The summed E-state index contributed by atoms with van der Waals surface area (Å²) >= 11 is 0. The predicted octanol–water partition coefficient (Wildman–Crippen LogP) is 2.81. The van der Waals surface area contributed by atoms with Crippen LogP contribution in [0.15, 0.2) is 22.8 Å². The Morgan fingerprint density at radius 2 is 2.13 bits per heavy atom. The number of fused-ring (bicyclic) bond motifs is 1. The molecule has 2 aromatic rings. The second kappa shape index (κ2) is 3.62. The van der Waals surface area contributed by atoms with Gasteiger partial charge >= 0.3 is 0 Å². The van der Waals surface area contributed by atoms with Crippen LogP contribution >= 0.6 is 0 Å². The van der Waals surface area contributed by atoms with E-state index in [4.69, 9.17) is 9.52 Å². The minimum atomic E-state index is -0.684. The lowest BCUT2D eigenvalue weighted by Gasteiger charge is -2.10. The highest BCUT2D eigenvalue weighted by molar-refractivity contribution is 5.81. The maximum atomic E-state index is 13.5. The molecule has 1 atom stereocenters. The van der Waals surface area contributed by atoms with Crippen molar-refractivity contribution in [1.29, 1.82) is 0 Å². The molecule has 1 N–H and O–H groups in total. The van der Waals surface area contributed by atoms with Gasteiger partial charge in [0.25, 0.3) is 0 Å². The molecule has 15 heavy (non-hydrogen) atoms. The van der Waals surface area contributed by atoms with Crippen LogP contribution in [0.2, 0.25) is 0 Å². The molecule has 2 rings (SSSR count). The molecule has 0 saturated carbocycles. The molecule has 0 fully saturated rings. The zero-order valence-electron chi connectivity index (χ0n) is 8.13. The summed E-state index contributed by atoms with van der Waals surface area (Å²) in [4.78, 5) is 0. The predicted molar refractivity (Wildman–Crippen MR) is 51.6 cm³/mol. The summed E-state index contributed by atoms with van der Waals surface area (Å²) in [6, 6.07) is 2.26. The minimum absolute atomic E-state index is 0.175. The van der Waals surface area contributed by atoms with Gasteiger partial charge in [-0.1, -0.05) is 6.92 Å². The van der Waals surface area contributed by atoms with Gasteiger partial charge in [0.15, 0.2) is 0 Å². The van der Waals surface area contributed by atoms with E-state index in [0.717, 1.165) is 6.07 Å². The summed E-state index contributed by atoms with van der Waals surface area (Å²) < 4.78 is 31.8. The van der Waals surface area contributed by atoms with Crippen LogP contribution in [0.1, 0.15) is 18.4 Å². The summed E-state index contributed by atoms with van der Waals surface area (Å²) in [6.45, 7) is 1.44. The quantitative estimate of drug-likeness (QED) is 0.830. The molecular weight excluding hydrogens is 202 g/mol. The van der Waals surface area contributed by atoms with Crippen LogP contribution in [0, 0.1) is 11.6 Å². The number of hydrogen-bond acceptors (Lipinski definition) is 2. The number of halogens is 2. The third-order valence-corrected chi connectivity index (χ3v) is 2.44. The fourth-order valence-corrected chi connectivity index (χ4v) is 1.63. The third-order valence-electron chi connectivity index (χ3n) is 2.44. The third kappa shape index (κ3) is 1.51. The Hall–Kier alpha value is -1.42. The Balaban J connectivity index is 2.76. The van der Waals surface area contributed by atoms with Crippen LogP contribution in [-0.2, 0) is 0 Å². The fraction of sp³-hybridized carbons (Fsp3) is 0.273. The number of benzene rings is 1. The van der Waals surface area contributed by atoms with Crippen molar-refractivity contribution in [2.75, 3.05) is 6.61 Å². The number of aliphatic hydroxyl groups excluding tert-OH is 1. The summed E-state index contributed by atoms with van der Waals surface area (Å²) in [5.74, 6) is -1.75. The van der Waals surface area contributed by atoms with Crippen molar-refractivity contribution in [1.82, 2.24) is 0 Å². The van der Waals surface area contributed by atoms with Crippen molar-refractivity contribution in [3.8, 4) is 0 Å². The molecule has 0 aliphatic heterocycles. The number of aliphatic hydroxyl groups is 1. The van der Waals surface area contributed by atoms with E-state index in [0.29, 0.717) is 0 Å². The Kier molecular flexibility index (Phi) is 2.44. The maximum Gasteiger partial charge on any atom is 0.143 e. The normalized spacial score (nSPS) is 13.3. The van der Waals surface area contributed by atoms with Gasteiger partial charge in [-0.3, -0.25) is 0 Å². The Morgan fingerprint density at radius 1 is 1.40 bits per heavy atom. The van der Waals surface area contributed by atoms with Crippen LogP contribution in [0.25, 0.3) is 11.0 Å². The number of hydrogen-bond donors (Lipinski definition) is 1. The molecule has 1 heterocycles. The van der Waals surface area contributed by atoms with E-state index in [1.807, 2.05) is 0 Å². The zero-order chi connectivity index (χ0) is 11.0. The molecule has 0 amide bonds. The van der Waals surface area contributed by atoms with E-state index in [2.05, 4.69) is 0 Å². The molecule has 1 aromatic carbocycles. The van der Waals surface area contributed by atoms with Gasteiger partial charge in [0.1, 0.15) is 17.2 Å². The Morgan fingerprint density at radius 3 is 2.80 bits per heavy atom. The number of rotatable bonds is 2. The summed E-state index contributed by atoms with van der Waals surface area (Å²) in [5.41, 5.74) is 0.396. The highest BCUT2D eigenvalue weighted by atomic mass is 19.1. The van der Waals surface area contributed by atoms with E-state index < -0.39 is 17.6 Å². The van der Waals surface area contributed by atoms with Gasteiger partial charge in [-0.15, -0.1) is 0 Å². The molecule has 80 valence electrons. The van der Waals surface area contributed by atoms with Gasteiger partial charge in [0, 0.05) is 24.2 Å². The SMILES string of the molecule is CC(CO)c1c(F)cc(F)c2ccoc12. The van der Waals surface area contributed by atoms with Gasteiger partial charge in [-0.05, 0) is 6.07 Å². The molecule has 0 spiro atoms. The zero-order valence-corrected chi connectivity index (χ0v) is 8.13. The first-order valence-corrected chi connectivity index (χ1v) is 4.61. The number of furan rings is 1. The maximum absolute atomic E-state index is 13.5. The van der Waals surface area contributed by atoms with Gasteiger partial charge in [-0.25, -0.2) is 8.78 Å².